The van der Waals surface area contributed by atoms with E-state index in [0.717, 1.165) is 5.57 Å². The number of rotatable bonds is 8. The van der Waals surface area contributed by atoms with Gasteiger partial charge in [0.1, 0.15) is 0 Å². The average molecular weight is 411 g/mol. The molecule has 0 spiro atoms. The summed E-state index contributed by atoms with van der Waals surface area (Å²) >= 11 is 0. The molecule has 7 heteroatoms. The van der Waals surface area contributed by atoms with Gasteiger partial charge in [0.2, 0.25) is 0 Å². The maximum absolute atomic E-state index is 13.5. The third-order valence-electron chi connectivity index (χ3n) is 4.57. The van der Waals surface area contributed by atoms with Crippen LogP contribution in [0.3, 0.4) is 0 Å². The van der Waals surface area contributed by atoms with E-state index in [2.05, 4.69) is 0 Å². The first-order valence-corrected chi connectivity index (χ1v) is 11.0. The molecule has 1 aliphatic rings. The molecule has 2 rings (SSSR count). The molecule has 0 aromatic heterocycles. The first-order chi connectivity index (χ1) is 13.1. The number of allylic oxidation sites excluding steroid dienone is 1. The van der Waals surface area contributed by atoms with Gasteiger partial charge in [0.05, 0.1) is 35.9 Å². The second-order valence-electron chi connectivity index (χ2n) is 7.61. The molecule has 3 atom stereocenters. The Hall–Kier alpha value is -1.70. The Morgan fingerprint density at radius 2 is 1.93 bits per heavy atom. The summed E-state index contributed by atoms with van der Waals surface area (Å²) < 4.78 is 43.7. The normalized spacial score (nSPS) is 21.0. The van der Waals surface area contributed by atoms with Gasteiger partial charge in [-0.15, -0.1) is 0 Å². The summed E-state index contributed by atoms with van der Waals surface area (Å²) in [6.45, 7) is 9.40. The second-order valence-corrected chi connectivity index (χ2v) is 9.71. The van der Waals surface area contributed by atoms with Crippen LogP contribution in [0.2, 0.25) is 0 Å². The van der Waals surface area contributed by atoms with Crippen LogP contribution in [0.4, 0.5) is 0 Å². The molecule has 1 fully saturated rings. The summed E-state index contributed by atoms with van der Waals surface area (Å²) in [5, 5.41) is -0.938. The third kappa shape index (κ3) is 5.65. The minimum atomic E-state index is -3.75. The second kappa shape index (κ2) is 9.20. The first-order valence-electron chi connectivity index (χ1n) is 9.48. The standard InChI is InChI=1S/C21H30O6S/c1-6-25-20(22)13-17(18-14-26-21(4,5)27-18)19(12-15(2)3)28(23,24)16-10-8-7-9-11-16/h7-12,17-19H,6,13-14H2,1-5H3/t17-,18+,19+/m0/s1. The Labute approximate surface area is 167 Å². The number of ether oxygens (including phenoxy) is 3. The lowest BCUT2D eigenvalue weighted by molar-refractivity contribution is -0.153. The highest BCUT2D eigenvalue weighted by Gasteiger charge is 2.45. The van der Waals surface area contributed by atoms with Gasteiger partial charge in [-0.2, -0.15) is 0 Å². The minimum absolute atomic E-state index is 0.0710. The number of hydrogen-bond donors (Lipinski definition) is 0. The molecule has 0 N–H and O–H groups in total. The molecule has 1 heterocycles. The van der Waals surface area contributed by atoms with Crippen molar-refractivity contribution < 1.29 is 27.4 Å². The van der Waals surface area contributed by atoms with Crippen LogP contribution in [0.5, 0.6) is 0 Å². The molecule has 1 aromatic carbocycles. The van der Waals surface area contributed by atoms with Crippen molar-refractivity contribution in [3.8, 4) is 0 Å². The fourth-order valence-corrected chi connectivity index (χ4v) is 5.37. The van der Waals surface area contributed by atoms with Crippen LogP contribution < -0.4 is 0 Å². The van der Waals surface area contributed by atoms with Gasteiger partial charge in [-0.05, 0) is 46.8 Å². The first kappa shape index (κ1) is 22.6. The summed E-state index contributed by atoms with van der Waals surface area (Å²) in [6.07, 6.45) is 1.08. The lowest BCUT2D eigenvalue weighted by Crippen LogP contribution is -2.40. The van der Waals surface area contributed by atoms with Crippen molar-refractivity contribution in [3.05, 3.63) is 42.0 Å². The van der Waals surface area contributed by atoms with Crippen molar-refractivity contribution in [2.45, 2.75) is 63.1 Å². The van der Waals surface area contributed by atoms with E-state index in [0.29, 0.717) is 0 Å². The molecule has 0 radical (unpaired) electrons. The van der Waals surface area contributed by atoms with Crippen LogP contribution in [-0.4, -0.2) is 44.7 Å². The van der Waals surface area contributed by atoms with Gasteiger partial charge < -0.3 is 14.2 Å². The van der Waals surface area contributed by atoms with E-state index in [1.165, 1.54) is 0 Å². The molecule has 156 valence electrons. The zero-order valence-corrected chi connectivity index (χ0v) is 18.0. The third-order valence-corrected chi connectivity index (χ3v) is 6.70. The largest absolute Gasteiger partial charge is 0.466 e. The van der Waals surface area contributed by atoms with Crippen LogP contribution in [0.15, 0.2) is 46.9 Å². The van der Waals surface area contributed by atoms with Gasteiger partial charge in [-0.1, -0.05) is 29.8 Å². The Morgan fingerprint density at radius 1 is 1.29 bits per heavy atom. The Morgan fingerprint density at radius 3 is 2.43 bits per heavy atom. The molecule has 0 aliphatic carbocycles. The van der Waals surface area contributed by atoms with Crippen LogP contribution in [0.25, 0.3) is 0 Å². The van der Waals surface area contributed by atoms with Gasteiger partial charge in [0.15, 0.2) is 15.6 Å². The number of sulfone groups is 1. The molecule has 0 unspecified atom stereocenters. The van der Waals surface area contributed by atoms with E-state index in [4.69, 9.17) is 14.2 Å². The van der Waals surface area contributed by atoms with Crippen LogP contribution in [0.1, 0.15) is 41.0 Å². The zero-order chi connectivity index (χ0) is 20.9. The molecule has 6 nitrogen and oxygen atoms in total. The smallest absolute Gasteiger partial charge is 0.306 e. The Bertz CT molecular complexity index is 793. The average Bonchev–Trinajstić information content (AvgIpc) is 2.98. The number of esters is 1. The lowest BCUT2D eigenvalue weighted by Gasteiger charge is -2.29. The summed E-state index contributed by atoms with van der Waals surface area (Å²) in [6, 6.07) is 8.27. The fourth-order valence-electron chi connectivity index (χ4n) is 3.34. The van der Waals surface area contributed by atoms with E-state index in [-0.39, 0.29) is 24.5 Å². The van der Waals surface area contributed by atoms with E-state index in [9.17, 15) is 13.2 Å². The van der Waals surface area contributed by atoms with Gasteiger partial charge >= 0.3 is 5.97 Å². The van der Waals surface area contributed by atoms with Crippen molar-refractivity contribution in [1.29, 1.82) is 0 Å². The van der Waals surface area contributed by atoms with Crippen molar-refractivity contribution >= 4 is 15.8 Å². The van der Waals surface area contributed by atoms with E-state index < -0.39 is 38.9 Å². The SMILES string of the molecule is CCOC(=O)C[C@H]([C@@H](C=C(C)C)S(=O)(=O)c1ccccc1)[C@H]1COC(C)(C)O1. The number of hydrogen-bond acceptors (Lipinski definition) is 6. The molecule has 0 saturated carbocycles. The van der Waals surface area contributed by atoms with Gasteiger partial charge in [0, 0.05) is 5.92 Å². The lowest BCUT2D eigenvalue weighted by atomic mass is 9.93. The number of carbonyl (C=O) groups is 1. The van der Waals surface area contributed by atoms with Gasteiger partial charge in [-0.3, -0.25) is 4.79 Å². The van der Waals surface area contributed by atoms with Gasteiger partial charge in [0.25, 0.3) is 0 Å². The molecule has 0 amide bonds. The summed E-state index contributed by atoms with van der Waals surface area (Å²) in [5.74, 6) is -1.92. The number of carbonyl (C=O) groups excluding carboxylic acids is 1. The maximum Gasteiger partial charge on any atom is 0.306 e. The number of benzene rings is 1. The van der Waals surface area contributed by atoms with Crippen molar-refractivity contribution in [1.82, 2.24) is 0 Å². The Balaban J connectivity index is 2.49. The van der Waals surface area contributed by atoms with E-state index in [1.807, 2.05) is 13.8 Å². The van der Waals surface area contributed by atoms with Crippen molar-refractivity contribution in [2.24, 2.45) is 5.92 Å². The quantitative estimate of drug-likeness (QED) is 0.482. The molecular weight excluding hydrogens is 380 g/mol. The van der Waals surface area contributed by atoms with Crippen molar-refractivity contribution in [2.75, 3.05) is 13.2 Å². The minimum Gasteiger partial charge on any atom is -0.466 e. The highest BCUT2D eigenvalue weighted by atomic mass is 32.2. The van der Waals surface area contributed by atoms with Gasteiger partial charge in [-0.25, -0.2) is 8.42 Å². The topological polar surface area (TPSA) is 78.9 Å². The monoisotopic (exact) mass is 410 g/mol. The zero-order valence-electron chi connectivity index (χ0n) is 17.2. The predicted octanol–water partition coefficient (Wildman–Crippen LogP) is 3.52. The van der Waals surface area contributed by atoms with Crippen molar-refractivity contribution in [3.63, 3.8) is 0 Å². The van der Waals surface area contributed by atoms with E-state index >= 15 is 0 Å². The van der Waals surface area contributed by atoms with Crippen LogP contribution >= 0.6 is 0 Å². The maximum atomic E-state index is 13.5. The molecular formula is C21H30O6S. The summed E-state index contributed by atoms with van der Waals surface area (Å²) in [4.78, 5) is 12.5. The summed E-state index contributed by atoms with van der Waals surface area (Å²) in [7, 11) is -3.75. The molecule has 1 saturated heterocycles. The van der Waals surface area contributed by atoms with E-state index in [1.54, 1.807) is 57.2 Å². The predicted molar refractivity (Wildman–Crippen MR) is 106 cm³/mol. The highest BCUT2D eigenvalue weighted by molar-refractivity contribution is 7.92. The Kier molecular flexibility index (Phi) is 7.42. The molecule has 1 aromatic rings. The van der Waals surface area contributed by atoms with Crippen LogP contribution in [0, 0.1) is 5.92 Å². The molecule has 0 bridgehead atoms. The highest BCUT2D eigenvalue weighted by Crippen LogP contribution is 2.35. The summed E-state index contributed by atoms with van der Waals surface area (Å²) in [5.41, 5.74) is 0.844. The molecule has 1 aliphatic heterocycles. The van der Waals surface area contributed by atoms with Crippen LogP contribution in [-0.2, 0) is 28.8 Å². The fraction of sp³-hybridized carbons (Fsp3) is 0.571. The molecule has 28 heavy (non-hydrogen) atoms.